The van der Waals surface area contributed by atoms with E-state index in [1.165, 1.54) is 11.0 Å². The molecule has 2 unspecified atom stereocenters. The fraction of sp³-hybridized carbons (Fsp3) is 0.605. The molecule has 3 aliphatic heterocycles. The van der Waals surface area contributed by atoms with Crippen LogP contribution in [0.1, 0.15) is 69.8 Å². The van der Waals surface area contributed by atoms with Crippen LogP contribution in [0.25, 0.3) is 10.9 Å². The molecule has 6 aliphatic rings. The number of pyridine rings is 1. The Labute approximate surface area is 314 Å². The van der Waals surface area contributed by atoms with Crippen LogP contribution in [0.4, 0.5) is 4.79 Å². The highest BCUT2D eigenvalue weighted by molar-refractivity contribution is 7.91. The molecule has 290 valence electrons. The van der Waals surface area contributed by atoms with Crippen molar-refractivity contribution in [3.8, 4) is 11.6 Å². The molecule has 3 saturated carbocycles. The lowest BCUT2D eigenvalue weighted by atomic mass is 10.1. The number of aromatic nitrogens is 1. The van der Waals surface area contributed by atoms with Gasteiger partial charge in [-0.15, -0.1) is 6.58 Å². The molecule has 8 atom stereocenters. The van der Waals surface area contributed by atoms with Gasteiger partial charge in [-0.1, -0.05) is 6.08 Å². The number of carbonyl (C=O) groups is 4. The van der Waals surface area contributed by atoms with Gasteiger partial charge in [0.2, 0.25) is 27.7 Å². The Morgan fingerprint density at radius 2 is 1.93 bits per heavy atom. The molecule has 1 aromatic carbocycles. The summed E-state index contributed by atoms with van der Waals surface area (Å²) in [4.78, 5) is 63.2. The van der Waals surface area contributed by atoms with Crippen LogP contribution in [-0.4, -0.2) is 115 Å². The maximum Gasteiger partial charge on any atom is 0.318 e. The number of sulfonamides is 1. The van der Waals surface area contributed by atoms with E-state index in [2.05, 4.69) is 28.0 Å². The van der Waals surface area contributed by atoms with Crippen molar-refractivity contribution in [3.05, 3.63) is 42.5 Å². The van der Waals surface area contributed by atoms with Crippen LogP contribution in [0.2, 0.25) is 0 Å². The second-order valence-corrected chi connectivity index (χ2v) is 17.7. The first-order valence-corrected chi connectivity index (χ1v) is 20.6. The zero-order valence-electron chi connectivity index (χ0n) is 30.6. The Morgan fingerprint density at radius 1 is 1.11 bits per heavy atom. The number of nitrogens with zero attached hydrogens (tertiary/aromatic N) is 3. The molecule has 2 saturated heterocycles. The van der Waals surface area contributed by atoms with E-state index in [-0.39, 0.29) is 31.4 Å². The van der Waals surface area contributed by atoms with Crippen LogP contribution < -0.4 is 24.8 Å². The Bertz CT molecular complexity index is 1990. The van der Waals surface area contributed by atoms with Gasteiger partial charge in [-0.25, -0.2) is 18.2 Å². The van der Waals surface area contributed by atoms with Gasteiger partial charge in [0, 0.05) is 49.1 Å². The molecule has 0 spiro atoms. The van der Waals surface area contributed by atoms with Crippen molar-refractivity contribution in [3.63, 3.8) is 0 Å². The van der Waals surface area contributed by atoms with Gasteiger partial charge in [0.1, 0.15) is 29.5 Å². The van der Waals surface area contributed by atoms with Crippen molar-refractivity contribution in [2.45, 2.75) is 99.3 Å². The molecule has 1 aromatic heterocycles. The SMILES string of the molecule is C=C[C@@H]1C[C@]1(NC(=O)[C@@H]1C[C@@H]2CN1C(=O)[C@H](C)NC(=O)N1CC[C@@H](C1)OCCCC1CC1c1cc3ccc(OC)cc3nc1O2)C(=O)NS(=O)(=O)C1CC1. The standard InChI is InChI=1S/C38H48N6O9S/c1-4-24-18-38(24,36(47)42-54(49,50)28-9-10-28)41-33(45)32-17-27-20-44(32)35(46)21(2)39-37(48)43-12-11-26(19-43)52-13-5-6-22-14-29(22)30-15-23-7-8-25(51-3)16-31(23)40-34(30)53-27/h4,7-8,15-16,21-22,24,26-29,32H,1,5-6,9-14,17-20H2,2-3H3,(H,39,48)(H,41,45)(H,42,47)/t21-,22?,24+,26-,27+,29?,32-,38+/m0/s1. The van der Waals surface area contributed by atoms with Gasteiger partial charge in [0.15, 0.2) is 0 Å². The maximum absolute atomic E-state index is 14.3. The molecule has 0 radical (unpaired) electrons. The Morgan fingerprint density at radius 3 is 2.67 bits per heavy atom. The van der Waals surface area contributed by atoms with Crippen molar-refractivity contribution in [1.29, 1.82) is 0 Å². The van der Waals surface area contributed by atoms with Crippen LogP contribution in [0, 0.1) is 11.8 Å². The van der Waals surface area contributed by atoms with Crippen LogP contribution in [0.5, 0.6) is 11.6 Å². The summed E-state index contributed by atoms with van der Waals surface area (Å²) in [7, 11) is -2.29. The van der Waals surface area contributed by atoms with Crippen LogP contribution >= 0.6 is 0 Å². The highest BCUT2D eigenvalue weighted by Gasteiger charge is 2.62. The molecule has 3 N–H and O–H groups in total. The molecule has 15 nitrogen and oxygen atoms in total. The summed E-state index contributed by atoms with van der Waals surface area (Å²) in [6.07, 6.45) is 5.48. The third-order valence-corrected chi connectivity index (χ3v) is 13.7. The highest BCUT2D eigenvalue weighted by Crippen LogP contribution is 2.53. The van der Waals surface area contributed by atoms with E-state index in [1.54, 1.807) is 18.9 Å². The van der Waals surface area contributed by atoms with E-state index in [4.69, 9.17) is 19.2 Å². The van der Waals surface area contributed by atoms with E-state index >= 15 is 0 Å². The number of amides is 5. The number of hydrogen-bond donors (Lipinski definition) is 3. The van der Waals surface area contributed by atoms with Gasteiger partial charge in [0.25, 0.3) is 5.91 Å². The maximum atomic E-state index is 14.3. The topological polar surface area (TPSA) is 186 Å². The molecule has 5 amide bonds. The number of carbonyl (C=O) groups excluding carboxylic acids is 4. The van der Waals surface area contributed by atoms with E-state index in [0.717, 1.165) is 30.2 Å². The molecule has 5 fully saturated rings. The summed E-state index contributed by atoms with van der Waals surface area (Å²) < 4.78 is 45.9. The van der Waals surface area contributed by atoms with Crippen LogP contribution in [0.15, 0.2) is 36.9 Å². The van der Waals surface area contributed by atoms with Crippen molar-refractivity contribution < 1.29 is 41.8 Å². The molecule has 3 aliphatic carbocycles. The number of rotatable bonds is 7. The minimum absolute atomic E-state index is 0.0161. The lowest BCUT2D eigenvalue weighted by molar-refractivity contribution is -0.140. The average Bonchev–Trinajstić information content (AvgIpc) is 4.11. The fourth-order valence-corrected chi connectivity index (χ4v) is 9.73. The van der Waals surface area contributed by atoms with Gasteiger partial charge in [-0.05, 0) is 81.9 Å². The predicted molar refractivity (Wildman–Crippen MR) is 196 cm³/mol. The average molecular weight is 765 g/mol. The number of urea groups is 1. The number of hydrogen-bond acceptors (Lipinski definition) is 10. The molecular formula is C38H48N6O9S. The summed E-state index contributed by atoms with van der Waals surface area (Å²) in [5.74, 6) is -0.731. The van der Waals surface area contributed by atoms with Crippen molar-refractivity contribution >= 4 is 44.7 Å². The Kier molecular flexibility index (Phi) is 9.47. The smallest absolute Gasteiger partial charge is 0.318 e. The van der Waals surface area contributed by atoms with Crippen molar-refractivity contribution in [2.24, 2.45) is 11.8 Å². The fourth-order valence-electron chi connectivity index (χ4n) is 8.36. The lowest BCUT2D eigenvalue weighted by Crippen LogP contribution is -2.58. The van der Waals surface area contributed by atoms with Gasteiger partial charge in [-0.3, -0.25) is 19.1 Å². The summed E-state index contributed by atoms with van der Waals surface area (Å²) in [5.41, 5.74) is 0.117. The Balaban J connectivity index is 1.10. The normalized spacial score (nSPS) is 32.5. The third-order valence-electron chi connectivity index (χ3n) is 11.9. The quantitative estimate of drug-likeness (QED) is 0.354. The molecule has 2 aromatic rings. The highest BCUT2D eigenvalue weighted by atomic mass is 32.2. The summed E-state index contributed by atoms with van der Waals surface area (Å²) in [6, 6.07) is 5.32. The first kappa shape index (κ1) is 36.5. The van der Waals surface area contributed by atoms with E-state index < -0.39 is 68.7 Å². The minimum Gasteiger partial charge on any atom is -0.497 e. The first-order valence-electron chi connectivity index (χ1n) is 19.0. The first-order chi connectivity index (χ1) is 25.9. The van der Waals surface area contributed by atoms with Crippen LogP contribution in [0.3, 0.4) is 0 Å². The second kappa shape index (κ2) is 14.0. The van der Waals surface area contributed by atoms with E-state index in [1.807, 2.05) is 18.2 Å². The Hall–Kier alpha value is -4.44. The largest absolute Gasteiger partial charge is 0.497 e. The van der Waals surface area contributed by atoms with Crippen LogP contribution in [-0.2, 0) is 29.1 Å². The van der Waals surface area contributed by atoms with Gasteiger partial charge < -0.3 is 34.6 Å². The number of nitrogens with one attached hydrogen (secondary N) is 3. The van der Waals surface area contributed by atoms with Gasteiger partial charge in [-0.2, -0.15) is 0 Å². The number of fused-ring (bicyclic) bond motifs is 8. The molecule has 4 bridgehead atoms. The number of ether oxygens (including phenoxy) is 3. The number of methoxy groups -OCH3 is 1. The zero-order chi connectivity index (χ0) is 37.9. The number of benzene rings is 1. The molecule has 16 heteroatoms. The van der Waals surface area contributed by atoms with Crippen molar-refractivity contribution in [2.75, 3.05) is 33.4 Å². The minimum atomic E-state index is -3.88. The molecular weight excluding hydrogens is 717 g/mol. The molecule has 8 rings (SSSR count). The predicted octanol–water partition coefficient (Wildman–Crippen LogP) is 2.35. The molecule has 4 heterocycles. The van der Waals surface area contributed by atoms with Gasteiger partial charge in [0.05, 0.1) is 30.5 Å². The second-order valence-electron chi connectivity index (χ2n) is 15.7. The third kappa shape index (κ3) is 7.09. The summed E-state index contributed by atoms with van der Waals surface area (Å²) >= 11 is 0. The van der Waals surface area contributed by atoms with Crippen molar-refractivity contribution in [1.82, 2.24) is 30.1 Å². The lowest BCUT2D eigenvalue weighted by Gasteiger charge is -2.29. The summed E-state index contributed by atoms with van der Waals surface area (Å²) in [6.45, 7) is 6.90. The molecule has 54 heavy (non-hydrogen) atoms. The van der Waals surface area contributed by atoms with Gasteiger partial charge >= 0.3 is 6.03 Å². The van der Waals surface area contributed by atoms with E-state index in [0.29, 0.717) is 62.0 Å². The monoisotopic (exact) mass is 764 g/mol. The van der Waals surface area contributed by atoms with E-state index in [9.17, 15) is 27.6 Å². The zero-order valence-corrected chi connectivity index (χ0v) is 31.4. The summed E-state index contributed by atoms with van der Waals surface area (Å²) in [5, 5.41) is 5.94.